The second kappa shape index (κ2) is 11.8. The third-order valence-corrected chi connectivity index (χ3v) is 11.3. The van der Waals surface area contributed by atoms with E-state index in [1.54, 1.807) is 26.5 Å². The number of likely N-dealkylation sites (tertiary alicyclic amines) is 1. The maximum Gasteiger partial charge on any atom is 0.251 e. The molecule has 2 fully saturated rings. The van der Waals surface area contributed by atoms with Crippen LogP contribution in [0.3, 0.4) is 0 Å². The topological polar surface area (TPSA) is 84.4 Å². The second-order valence-electron chi connectivity index (χ2n) is 11.6. The molecule has 4 aliphatic heterocycles. The van der Waals surface area contributed by atoms with Gasteiger partial charge in [-0.15, -0.1) is 11.8 Å². The zero-order valence-electron chi connectivity index (χ0n) is 25.0. The molecule has 0 radical (unpaired) electrons. The summed E-state index contributed by atoms with van der Waals surface area (Å²) in [6, 6.07) is 16.2. The second-order valence-corrected chi connectivity index (χ2v) is 13.1. The number of amides is 3. The van der Waals surface area contributed by atoms with Gasteiger partial charge in [0, 0.05) is 48.5 Å². The van der Waals surface area contributed by atoms with Crippen molar-refractivity contribution in [2.75, 3.05) is 47.5 Å². The molecule has 0 saturated carbocycles. The molecule has 2 aromatic carbocycles. The molecule has 1 unspecified atom stereocenters. The van der Waals surface area contributed by atoms with Crippen LogP contribution in [0.5, 0.6) is 0 Å². The highest BCUT2D eigenvalue weighted by Gasteiger charge is 2.71. The van der Waals surface area contributed by atoms with Crippen molar-refractivity contribution in [3.05, 3.63) is 78.9 Å². The molecule has 9 heteroatoms. The zero-order chi connectivity index (χ0) is 30.3. The lowest BCUT2D eigenvalue weighted by molar-refractivity contribution is -0.141. The first kappa shape index (κ1) is 29.5. The number of hydrogen-bond acceptors (Lipinski definition) is 6. The average molecular weight is 601 g/mol. The summed E-state index contributed by atoms with van der Waals surface area (Å²) in [5.74, 6) is -1.85. The predicted molar refractivity (Wildman–Crippen MR) is 172 cm³/mol. The molecular formula is C34H40N4O4S. The summed E-state index contributed by atoms with van der Waals surface area (Å²) >= 11 is 1.56. The summed E-state index contributed by atoms with van der Waals surface area (Å²) < 4.78 is -0.929. The summed E-state index contributed by atoms with van der Waals surface area (Å²) in [7, 11) is 0. The molecule has 2 saturated heterocycles. The molecule has 0 bridgehead atoms. The maximum atomic E-state index is 14.7. The van der Waals surface area contributed by atoms with Crippen LogP contribution in [0.15, 0.2) is 78.9 Å². The number of rotatable bonds is 8. The molecule has 43 heavy (non-hydrogen) atoms. The number of carbonyl (C=O) groups is 3. The largest absolute Gasteiger partial charge is 0.394 e. The van der Waals surface area contributed by atoms with E-state index in [1.807, 2.05) is 85.8 Å². The molecule has 0 aliphatic carbocycles. The summed E-state index contributed by atoms with van der Waals surface area (Å²) in [5.41, 5.74) is 2.64. The number of aliphatic hydroxyl groups excluding tert-OH is 1. The van der Waals surface area contributed by atoms with E-state index in [4.69, 9.17) is 0 Å². The Morgan fingerprint density at radius 3 is 2.19 bits per heavy atom. The standard InChI is InChI=1S/C34H40N4O4S/c1-4-23(22-39)38-30-33(42)37(26-17-15-24(16-18-26)35(5-2)6-3)21-11-19-34(30)29(32(38)41)28-27(43-34)14-10-20-36(31(28)40)25-12-8-7-9-13-25/h7-19,23,27-30,39H,4-6,20-22H2,1-3H3/t23-,27-,28+,29-,30?,34-/m0/s1. The molecule has 4 heterocycles. The van der Waals surface area contributed by atoms with Gasteiger partial charge < -0.3 is 24.7 Å². The Balaban J connectivity index is 1.42. The monoisotopic (exact) mass is 600 g/mol. The lowest BCUT2D eigenvalue weighted by Crippen LogP contribution is -2.56. The van der Waals surface area contributed by atoms with Crippen molar-refractivity contribution < 1.29 is 19.5 Å². The van der Waals surface area contributed by atoms with Gasteiger partial charge in [-0.25, -0.2) is 0 Å². The van der Waals surface area contributed by atoms with Gasteiger partial charge in [0.2, 0.25) is 11.8 Å². The molecule has 2 aromatic rings. The number of nitrogens with zero attached hydrogens (tertiary/aromatic N) is 4. The fourth-order valence-electron chi connectivity index (χ4n) is 7.39. The van der Waals surface area contributed by atoms with Crippen LogP contribution in [-0.4, -0.2) is 82.6 Å². The fraction of sp³-hybridized carbons (Fsp3) is 0.441. The van der Waals surface area contributed by atoms with Crippen LogP contribution in [0, 0.1) is 11.8 Å². The van der Waals surface area contributed by atoms with E-state index in [-0.39, 0.29) is 29.6 Å². The van der Waals surface area contributed by atoms with E-state index in [9.17, 15) is 19.5 Å². The van der Waals surface area contributed by atoms with Crippen molar-refractivity contribution in [1.29, 1.82) is 0 Å². The molecule has 0 aromatic heterocycles. The predicted octanol–water partition coefficient (Wildman–Crippen LogP) is 4.11. The van der Waals surface area contributed by atoms with Crippen molar-refractivity contribution in [3.8, 4) is 0 Å². The SMILES string of the molecule is CC[C@@H](CO)N1C(=O)[C@@H]2[C@@H]3C(=O)N(c4ccccc4)CC=C[C@@H]3S[C@@]23C=CCN(c2ccc(N(CC)CC)cc2)C(=O)C13. The van der Waals surface area contributed by atoms with Crippen LogP contribution in [0.2, 0.25) is 0 Å². The van der Waals surface area contributed by atoms with Crippen LogP contribution >= 0.6 is 11.8 Å². The first-order valence-corrected chi connectivity index (χ1v) is 16.3. The van der Waals surface area contributed by atoms with Crippen LogP contribution in [-0.2, 0) is 14.4 Å². The van der Waals surface area contributed by atoms with Gasteiger partial charge in [0.05, 0.1) is 29.2 Å². The third-order valence-electron chi connectivity index (χ3n) is 9.53. The third kappa shape index (κ3) is 4.68. The van der Waals surface area contributed by atoms with E-state index in [0.29, 0.717) is 19.5 Å². The van der Waals surface area contributed by atoms with Gasteiger partial charge in [0.25, 0.3) is 5.91 Å². The van der Waals surface area contributed by atoms with Crippen molar-refractivity contribution >= 4 is 46.5 Å². The summed E-state index contributed by atoms with van der Waals surface area (Å²) in [6.45, 7) is 8.47. The number of aliphatic hydroxyl groups is 1. The van der Waals surface area contributed by atoms with Gasteiger partial charge in [0.15, 0.2) is 0 Å². The Morgan fingerprint density at radius 2 is 1.53 bits per heavy atom. The van der Waals surface area contributed by atoms with Crippen molar-refractivity contribution in [2.24, 2.45) is 11.8 Å². The number of para-hydroxylation sites is 1. The van der Waals surface area contributed by atoms with Gasteiger partial charge in [-0.3, -0.25) is 14.4 Å². The quantitative estimate of drug-likeness (QED) is 0.460. The lowest BCUT2D eigenvalue weighted by atomic mass is 9.78. The molecule has 8 nitrogen and oxygen atoms in total. The van der Waals surface area contributed by atoms with E-state index < -0.39 is 28.7 Å². The molecule has 226 valence electrons. The van der Waals surface area contributed by atoms with Gasteiger partial charge in [-0.05, 0) is 56.7 Å². The normalized spacial score (nSPS) is 28.8. The minimum atomic E-state index is -0.929. The van der Waals surface area contributed by atoms with E-state index in [1.165, 1.54) is 0 Å². The Labute approximate surface area is 258 Å². The first-order valence-electron chi connectivity index (χ1n) is 15.4. The molecule has 6 atom stereocenters. The van der Waals surface area contributed by atoms with E-state index in [2.05, 4.69) is 18.7 Å². The van der Waals surface area contributed by atoms with Crippen molar-refractivity contribution in [3.63, 3.8) is 0 Å². The average Bonchev–Trinajstić information content (AvgIpc) is 3.34. The number of thioether (sulfide) groups is 1. The van der Waals surface area contributed by atoms with E-state index in [0.717, 1.165) is 30.2 Å². The Bertz CT molecular complexity index is 1420. The zero-order valence-corrected chi connectivity index (χ0v) is 25.8. The minimum absolute atomic E-state index is 0.101. The Morgan fingerprint density at radius 1 is 0.884 bits per heavy atom. The number of fused-ring (bicyclic) bond motifs is 2. The fourth-order valence-corrected chi connectivity index (χ4v) is 9.38. The molecule has 1 N–H and O–H groups in total. The first-order chi connectivity index (χ1) is 20.9. The number of benzene rings is 2. The highest BCUT2D eigenvalue weighted by Crippen LogP contribution is 2.61. The highest BCUT2D eigenvalue weighted by molar-refractivity contribution is 8.02. The van der Waals surface area contributed by atoms with Crippen molar-refractivity contribution in [2.45, 2.75) is 49.3 Å². The Hall–Kier alpha value is -3.56. The smallest absolute Gasteiger partial charge is 0.251 e. The molecule has 1 spiro atoms. The Kier molecular flexibility index (Phi) is 8.13. The molecule has 6 rings (SSSR count). The van der Waals surface area contributed by atoms with Crippen LogP contribution in [0.4, 0.5) is 17.1 Å². The van der Waals surface area contributed by atoms with Crippen molar-refractivity contribution in [1.82, 2.24) is 4.90 Å². The van der Waals surface area contributed by atoms with Crippen LogP contribution in [0.25, 0.3) is 0 Å². The number of anilines is 3. The van der Waals surface area contributed by atoms with Gasteiger partial charge >= 0.3 is 0 Å². The van der Waals surface area contributed by atoms with E-state index >= 15 is 0 Å². The molecule has 4 aliphatic rings. The lowest BCUT2D eigenvalue weighted by Gasteiger charge is -2.38. The van der Waals surface area contributed by atoms with Gasteiger partial charge in [0.1, 0.15) is 6.04 Å². The van der Waals surface area contributed by atoms with Crippen LogP contribution in [0.1, 0.15) is 27.2 Å². The highest BCUT2D eigenvalue weighted by atomic mass is 32.2. The summed E-state index contributed by atoms with van der Waals surface area (Å²) in [6.07, 6.45) is 8.57. The number of carbonyl (C=O) groups excluding carboxylic acids is 3. The molecular weight excluding hydrogens is 560 g/mol. The summed E-state index contributed by atoms with van der Waals surface area (Å²) in [4.78, 5) is 50.9. The van der Waals surface area contributed by atoms with Crippen LogP contribution < -0.4 is 14.7 Å². The summed E-state index contributed by atoms with van der Waals surface area (Å²) in [5, 5.41) is 10.2. The minimum Gasteiger partial charge on any atom is -0.394 e. The van der Waals surface area contributed by atoms with Gasteiger partial charge in [-0.1, -0.05) is 49.4 Å². The number of hydrogen-bond donors (Lipinski definition) is 1. The maximum absolute atomic E-state index is 14.7. The van der Waals surface area contributed by atoms with Gasteiger partial charge in [-0.2, -0.15) is 0 Å². The molecule has 3 amide bonds.